The Morgan fingerprint density at radius 3 is 2.47 bits per heavy atom. The summed E-state index contributed by atoms with van der Waals surface area (Å²) in [4.78, 5) is 27.5. The van der Waals surface area contributed by atoms with E-state index in [0.717, 1.165) is 0 Å². The van der Waals surface area contributed by atoms with Gasteiger partial charge < -0.3 is 10.0 Å². The van der Waals surface area contributed by atoms with Gasteiger partial charge in [0, 0.05) is 13.1 Å². The summed E-state index contributed by atoms with van der Waals surface area (Å²) in [6, 6.07) is -0.410. The van der Waals surface area contributed by atoms with Gasteiger partial charge in [-0.05, 0) is 12.8 Å². The van der Waals surface area contributed by atoms with Gasteiger partial charge in [0.25, 0.3) is 0 Å². The predicted octanol–water partition coefficient (Wildman–Crippen LogP) is 0.690. The van der Waals surface area contributed by atoms with Crippen molar-refractivity contribution in [3.05, 3.63) is 0 Å². The van der Waals surface area contributed by atoms with Crippen molar-refractivity contribution in [2.24, 2.45) is 5.92 Å². The van der Waals surface area contributed by atoms with Crippen LogP contribution in [-0.2, 0) is 9.63 Å². The Labute approximate surface area is 89.2 Å². The zero-order chi connectivity index (χ0) is 11.8. The van der Waals surface area contributed by atoms with E-state index < -0.39 is 18.6 Å². The van der Waals surface area contributed by atoms with Crippen LogP contribution in [0.1, 0.15) is 20.8 Å². The Morgan fingerprint density at radius 2 is 2.07 bits per heavy atom. The fraction of sp³-hybridized carbons (Fsp3) is 0.778. The van der Waals surface area contributed by atoms with Crippen molar-refractivity contribution in [3.8, 4) is 0 Å². The van der Waals surface area contributed by atoms with Crippen LogP contribution in [-0.4, -0.2) is 41.7 Å². The molecule has 0 aliphatic heterocycles. The zero-order valence-corrected chi connectivity index (χ0v) is 9.32. The molecule has 0 saturated carbocycles. The number of aliphatic carboxylic acids is 1. The van der Waals surface area contributed by atoms with Crippen molar-refractivity contribution in [2.75, 3.05) is 19.7 Å². The van der Waals surface area contributed by atoms with E-state index in [1.165, 1.54) is 0 Å². The molecule has 0 rings (SSSR count). The lowest BCUT2D eigenvalue weighted by Gasteiger charge is -2.22. The molecule has 88 valence electrons. The summed E-state index contributed by atoms with van der Waals surface area (Å²) >= 11 is 0. The summed E-state index contributed by atoms with van der Waals surface area (Å²) in [5, 5.41) is 8.28. The number of hydrogen-bond acceptors (Lipinski definition) is 3. The molecule has 0 atom stereocenters. The molecular formula is C9H18N2O4. The van der Waals surface area contributed by atoms with Crippen molar-refractivity contribution in [2.45, 2.75) is 20.8 Å². The zero-order valence-electron chi connectivity index (χ0n) is 9.32. The van der Waals surface area contributed by atoms with Gasteiger partial charge in [-0.15, -0.1) is 0 Å². The topological polar surface area (TPSA) is 78.9 Å². The maximum absolute atomic E-state index is 11.4. The highest BCUT2D eigenvalue weighted by Crippen LogP contribution is 1.98. The fourth-order valence-electron chi connectivity index (χ4n) is 1.02. The lowest BCUT2D eigenvalue weighted by Crippen LogP contribution is -2.42. The van der Waals surface area contributed by atoms with Crippen molar-refractivity contribution in [3.63, 3.8) is 0 Å². The molecule has 0 fully saturated rings. The number of amides is 2. The summed E-state index contributed by atoms with van der Waals surface area (Å²) in [6.45, 7) is 6.46. The molecular weight excluding hydrogens is 200 g/mol. The Hall–Kier alpha value is -1.30. The van der Waals surface area contributed by atoms with Crippen LogP contribution in [0.5, 0.6) is 0 Å². The van der Waals surface area contributed by atoms with Gasteiger partial charge in [0.1, 0.15) is 0 Å². The predicted molar refractivity (Wildman–Crippen MR) is 54.2 cm³/mol. The summed E-state index contributed by atoms with van der Waals surface area (Å²) in [5.41, 5.74) is 2.08. The van der Waals surface area contributed by atoms with Crippen molar-refractivity contribution < 1.29 is 19.5 Å². The van der Waals surface area contributed by atoms with Gasteiger partial charge in [-0.25, -0.2) is 15.1 Å². The molecule has 0 aliphatic carbocycles. The molecule has 2 amide bonds. The Balaban J connectivity index is 3.88. The van der Waals surface area contributed by atoms with E-state index in [0.29, 0.717) is 19.0 Å². The minimum absolute atomic E-state index is 0.357. The number of hydrogen-bond donors (Lipinski definition) is 2. The van der Waals surface area contributed by atoms with Gasteiger partial charge in [-0.2, -0.15) is 0 Å². The highest BCUT2D eigenvalue weighted by Gasteiger charge is 2.12. The van der Waals surface area contributed by atoms with Gasteiger partial charge in [0.2, 0.25) is 0 Å². The molecule has 0 aliphatic rings. The molecule has 0 aromatic heterocycles. The molecule has 0 heterocycles. The Bertz CT molecular complexity index is 218. The van der Waals surface area contributed by atoms with Crippen LogP contribution in [0.3, 0.4) is 0 Å². The molecule has 0 spiro atoms. The summed E-state index contributed by atoms with van der Waals surface area (Å²) in [5.74, 6) is -0.766. The molecule has 0 aromatic rings. The van der Waals surface area contributed by atoms with E-state index in [4.69, 9.17) is 5.11 Å². The smallest absolute Gasteiger partial charge is 0.341 e. The largest absolute Gasteiger partial charge is 0.479 e. The lowest BCUT2D eigenvalue weighted by atomic mass is 10.2. The van der Waals surface area contributed by atoms with Crippen LogP contribution in [0.4, 0.5) is 4.79 Å². The first-order valence-corrected chi connectivity index (χ1v) is 4.85. The molecule has 0 aromatic carbocycles. The van der Waals surface area contributed by atoms with Crippen LogP contribution < -0.4 is 5.48 Å². The summed E-state index contributed by atoms with van der Waals surface area (Å²) in [7, 11) is 0. The number of carbonyl (C=O) groups excluding carboxylic acids is 1. The number of hydroxylamine groups is 1. The number of rotatable bonds is 6. The second-order valence-corrected chi connectivity index (χ2v) is 3.52. The number of nitrogens with one attached hydrogen (secondary N) is 1. The summed E-state index contributed by atoms with van der Waals surface area (Å²) < 4.78 is 0. The second kappa shape index (κ2) is 7.05. The van der Waals surface area contributed by atoms with Crippen LogP contribution in [0.25, 0.3) is 0 Å². The molecule has 15 heavy (non-hydrogen) atoms. The normalized spacial score (nSPS) is 10.1. The quantitative estimate of drug-likeness (QED) is 0.643. The minimum Gasteiger partial charge on any atom is -0.479 e. The third-order valence-electron chi connectivity index (χ3n) is 1.61. The SMILES string of the molecule is CCN(CC(C)C)C(=O)NOCC(=O)O. The van der Waals surface area contributed by atoms with Gasteiger partial charge in [-0.3, -0.25) is 4.84 Å². The maximum atomic E-state index is 11.4. The van der Waals surface area contributed by atoms with E-state index in [1.54, 1.807) is 4.90 Å². The lowest BCUT2D eigenvalue weighted by molar-refractivity contribution is -0.144. The average molecular weight is 218 g/mol. The van der Waals surface area contributed by atoms with E-state index in [-0.39, 0.29) is 0 Å². The minimum atomic E-state index is -1.12. The van der Waals surface area contributed by atoms with Crippen molar-refractivity contribution in [1.29, 1.82) is 0 Å². The number of carboxylic acid groups (broad SMARTS) is 1. The third kappa shape index (κ3) is 6.73. The van der Waals surface area contributed by atoms with Gasteiger partial charge >= 0.3 is 12.0 Å². The van der Waals surface area contributed by atoms with Crippen molar-refractivity contribution in [1.82, 2.24) is 10.4 Å². The van der Waals surface area contributed by atoms with Gasteiger partial charge in [0.05, 0.1) is 0 Å². The standard InChI is InChI=1S/C9H18N2O4/c1-4-11(5-7(2)3)9(14)10-15-6-8(12)13/h7H,4-6H2,1-3H3,(H,10,14)(H,12,13). The molecule has 6 heteroatoms. The first kappa shape index (κ1) is 13.7. The molecule has 0 saturated heterocycles. The average Bonchev–Trinajstić information content (AvgIpc) is 2.13. The van der Waals surface area contributed by atoms with Crippen LogP contribution in [0, 0.1) is 5.92 Å². The van der Waals surface area contributed by atoms with E-state index in [1.807, 2.05) is 20.8 Å². The fourth-order valence-corrected chi connectivity index (χ4v) is 1.02. The maximum Gasteiger partial charge on any atom is 0.341 e. The molecule has 2 N–H and O–H groups in total. The Morgan fingerprint density at radius 1 is 1.47 bits per heavy atom. The van der Waals surface area contributed by atoms with Crippen LogP contribution in [0.2, 0.25) is 0 Å². The number of carbonyl (C=O) groups is 2. The molecule has 6 nitrogen and oxygen atoms in total. The first-order chi connectivity index (χ1) is 6.97. The highest BCUT2D eigenvalue weighted by atomic mass is 16.7. The first-order valence-electron chi connectivity index (χ1n) is 4.85. The molecule has 0 radical (unpaired) electrons. The van der Waals surface area contributed by atoms with E-state index in [9.17, 15) is 9.59 Å². The van der Waals surface area contributed by atoms with Crippen molar-refractivity contribution >= 4 is 12.0 Å². The molecule has 0 unspecified atom stereocenters. The van der Waals surface area contributed by atoms with Gasteiger partial charge in [0.15, 0.2) is 6.61 Å². The van der Waals surface area contributed by atoms with Crippen LogP contribution >= 0.6 is 0 Å². The molecule has 0 bridgehead atoms. The van der Waals surface area contributed by atoms with E-state index >= 15 is 0 Å². The van der Waals surface area contributed by atoms with Crippen LogP contribution in [0.15, 0.2) is 0 Å². The van der Waals surface area contributed by atoms with E-state index in [2.05, 4.69) is 10.3 Å². The highest BCUT2D eigenvalue weighted by molar-refractivity contribution is 5.73. The second-order valence-electron chi connectivity index (χ2n) is 3.52. The Kier molecular flexibility index (Phi) is 6.44. The van der Waals surface area contributed by atoms with Gasteiger partial charge in [-0.1, -0.05) is 13.8 Å². The number of carboxylic acids is 1. The number of urea groups is 1. The third-order valence-corrected chi connectivity index (χ3v) is 1.61. The summed E-state index contributed by atoms with van der Waals surface area (Å²) in [6.07, 6.45) is 0. The number of nitrogens with zero attached hydrogens (tertiary/aromatic N) is 1. The monoisotopic (exact) mass is 218 g/mol.